The molecule has 0 bridgehead atoms. The monoisotopic (exact) mass is 445 g/mol. The summed E-state index contributed by atoms with van der Waals surface area (Å²) in [6.07, 6.45) is 0. The Balaban J connectivity index is 1.83. The Morgan fingerprint density at radius 3 is 2.39 bits per heavy atom. The van der Waals surface area contributed by atoms with Crippen LogP contribution < -0.4 is 15.1 Å². The topological polar surface area (TPSA) is 80.0 Å². The molecule has 1 amide bonds. The minimum atomic E-state index is -0.852. The average molecular weight is 445 g/mol. The number of rotatable bonds is 3. The van der Waals surface area contributed by atoms with E-state index in [1.807, 2.05) is 13.8 Å². The van der Waals surface area contributed by atoms with Crippen LogP contribution in [0, 0.1) is 19.7 Å². The van der Waals surface area contributed by atoms with Crippen LogP contribution in [0.5, 0.6) is 11.5 Å². The molecule has 1 aromatic heterocycles. The minimum Gasteiger partial charge on any atom is -0.504 e. The number of benzene rings is 3. The van der Waals surface area contributed by atoms with E-state index < -0.39 is 17.8 Å². The molecule has 1 N–H and O–H groups in total. The summed E-state index contributed by atoms with van der Waals surface area (Å²) in [7, 11) is 1.41. The van der Waals surface area contributed by atoms with Gasteiger partial charge in [0, 0.05) is 5.69 Å². The second-order valence-corrected chi connectivity index (χ2v) is 8.09. The predicted molar refractivity (Wildman–Crippen MR) is 122 cm³/mol. The summed E-state index contributed by atoms with van der Waals surface area (Å²) in [6, 6.07) is 12.7. The van der Waals surface area contributed by atoms with E-state index >= 15 is 0 Å². The van der Waals surface area contributed by atoms with Crippen LogP contribution in [0.2, 0.25) is 0 Å². The van der Waals surface area contributed by atoms with E-state index in [0.29, 0.717) is 22.2 Å². The highest BCUT2D eigenvalue weighted by atomic mass is 19.1. The van der Waals surface area contributed by atoms with Crippen molar-refractivity contribution in [1.29, 1.82) is 0 Å². The molecule has 3 aromatic carbocycles. The molecule has 0 radical (unpaired) electrons. The smallest absolute Gasteiger partial charge is 0.295 e. The molecule has 6 nitrogen and oxygen atoms in total. The highest BCUT2D eigenvalue weighted by Crippen LogP contribution is 2.43. The minimum absolute atomic E-state index is 0.0582. The molecule has 1 unspecified atom stereocenters. The maximum absolute atomic E-state index is 13.7. The SMILES string of the molecule is COc1cc(C2c3c(oc4cc(C)c(C)cc4c3=O)C(=O)N2c2ccc(F)cc2)ccc1O. The molecule has 2 heterocycles. The number of aryl methyl sites for hydroxylation is 2. The maximum Gasteiger partial charge on any atom is 0.295 e. The summed E-state index contributed by atoms with van der Waals surface area (Å²) in [4.78, 5) is 28.6. The zero-order valence-corrected chi connectivity index (χ0v) is 18.2. The second-order valence-electron chi connectivity index (χ2n) is 8.09. The molecule has 0 saturated carbocycles. The summed E-state index contributed by atoms with van der Waals surface area (Å²) in [6.45, 7) is 3.81. The molecule has 7 heteroatoms. The number of fused-ring (bicyclic) bond motifs is 2. The van der Waals surface area contributed by atoms with Gasteiger partial charge in [-0.2, -0.15) is 0 Å². The molecule has 0 saturated heterocycles. The first-order valence-corrected chi connectivity index (χ1v) is 10.3. The second kappa shape index (κ2) is 7.48. The largest absolute Gasteiger partial charge is 0.504 e. The number of phenols is 1. The van der Waals surface area contributed by atoms with Crippen molar-refractivity contribution in [2.45, 2.75) is 19.9 Å². The van der Waals surface area contributed by atoms with Gasteiger partial charge in [0.1, 0.15) is 11.4 Å². The quantitative estimate of drug-likeness (QED) is 0.479. The third-order valence-corrected chi connectivity index (χ3v) is 6.11. The Hall–Kier alpha value is -4.13. The van der Waals surface area contributed by atoms with Gasteiger partial charge in [0.25, 0.3) is 5.91 Å². The van der Waals surface area contributed by atoms with Crippen LogP contribution in [0.4, 0.5) is 10.1 Å². The summed E-state index contributed by atoms with van der Waals surface area (Å²) in [5.41, 5.74) is 3.01. The Bertz CT molecular complexity index is 1490. The fraction of sp³-hybridized carbons (Fsp3) is 0.154. The zero-order chi connectivity index (χ0) is 23.4. The third-order valence-electron chi connectivity index (χ3n) is 6.11. The highest BCUT2D eigenvalue weighted by molar-refractivity contribution is 6.10. The summed E-state index contributed by atoms with van der Waals surface area (Å²) >= 11 is 0. The van der Waals surface area contributed by atoms with Crippen molar-refractivity contribution in [2.75, 3.05) is 12.0 Å². The number of anilines is 1. The number of hydrogen-bond acceptors (Lipinski definition) is 5. The van der Waals surface area contributed by atoms with Crippen molar-refractivity contribution in [3.05, 3.63) is 98.7 Å². The van der Waals surface area contributed by atoms with Crippen molar-refractivity contribution in [3.8, 4) is 11.5 Å². The van der Waals surface area contributed by atoms with Crippen molar-refractivity contribution < 1.29 is 23.4 Å². The molecular weight excluding hydrogens is 425 g/mol. The lowest BCUT2D eigenvalue weighted by Crippen LogP contribution is -2.29. The number of ether oxygens (including phenoxy) is 1. The molecule has 166 valence electrons. The Morgan fingerprint density at radius 1 is 1.00 bits per heavy atom. The van der Waals surface area contributed by atoms with E-state index in [2.05, 4.69) is 0 Å². The Kier molecular flexibility index (Phi) is 4.70. The van der Waals surface area contributed by atoms with Gasteiger partial charge in [0.2, 0.25) is 5.76 Å². The number of carbonyl (C=O) groups excluding carboxylic acids is 1. The molecule has 0 fully saturated rings. The lowest BCUT2D eigenvalue weighted by molar-refractivity contribution is 0.0971. The number of carbonyl (C=O) groups is 1. The molecule has 0 spiro atoms. The molecule has 33 heavy (non-hydrogen) atoms. The maximum atomic E-state index is 13.7. The highest BCUT2D eigenvalue weighted by Gasteiger charge is 2.44. The van der Waals surface area contributed by atoms with E-state index in [1.165, 1.54) is 42.3 Å². The van der Waals surface area contributed by atoms with Crippen LogP contribution in [-0.4, -0.2) is 18.1 Å². The Morgan fingerprint density at radius 2 is 1.70 bits per heavy atom. The van der Waals surface area contributed by atoms with Gasteiger partial charge in [-0.3, -0.25) is 14.5 Å². The van der Waals surface area contributed by atoms with Crippen molar-refractivity contribution >= 4 is 22.6 Å². The number of aromatic hydroxyl groups is 1. The van der Waals surface area contributed by atoms with E-state index in [9.17, 15) is 19.1 Å². The average Bonchev–Trinajstić information content (AvgIpc) is 3.09. The van der Waals surface area contributed by atoms with Crippen molar-refractivity contribution in [1.82, 2.24) is 0 Å². The summed E-state index contributed by atoms with van der Waals surface area (Å²) < 4.78 is 24.8. The van der Waals surface area contributed by atoms with Gasteiger partial charge in [0.15, 0.2) is 16.9 Å². The standard InChI is InChI=1S/C26H20FNO5/c1-13-10-18-20(11-14(13)2)33-25-22(24(18)30)23(15-4-9-19(29)21(12-15)32-3)28(26(25)31)17-7-5-16(27)6-8-17/h4-12,23,29H,1-3H3. The van der Waals surface area contributed by atoms with Gasteiger partial charge < -0.3 is 14.3 Å². The fourth-order valence-electron chi connectivity index (χ4n) is 4.28. The van der Waals surface area contributed by atoms with Crippen LogP contribution >= 0.6 is 0 Å². The number of nitrogens with zero attached hydrogens (tertiary/aromatic N) is 1. The number of phenolic OH excluding ortho intramolecular Hbond substituents is 1. The van der Waals surface area contributed by atoms with Gasteiger partial charge in [-0.15, -0.1) is 0 Å². The molecule has 1 aliphatic heterocycles. The van der Waals surface area contributed by atoms with Crippen molar-refractivity contribution in [3.63, 3.8) is 0 Å². The molecule has 5 rings (SSSR count). The molecule has 4 aromatic rings. The number of amides is 1. The lowest BCUT2D eigenvalue weighted by atomic mass is 9.97. The number of methoxy groups -OCH3 is 1. The van der Waals surface area contributed by atoms with E-state index in [0.717, 1.165) is 11.1 Å². The first-order valence-electron chi connectivity index (χ1n) is 10.3. The number of hydrogen-bond donors (Lipinski definition) is 1. The molecular formula is C26H20FNO5. The number of halogens is 1. The van der Waals surface area contributed by atoms with Gasteiger partial charge in [-0.05, 0) is 79.1 Å². The molecule has 1 atom stereocenters. The first kappa shape index (κ1) is 20.8. The normalized spacial score (nSPS) is 15.2. The van der Waals surface area contributed by atoms with E-state index in [1.54, 1.807) is 24.3 Å². The van der Waals surface area contributed by atoms with Gasteiger partial charge >= 0.3 is 0 Å². The van der Waals surface area contributed by atoms with Gasteiger partial charge in [0.05, 0.1) is 24.1 Å². The van der Waals surface area contributed by atoms with E-state index in [-0.39, 0.29) is 28.3 Å². The van der Waals surface area contributed by atoms with E-state index in [4.69, 9.17) is 9.15 Å². The molecule has 1 aliphatic rings. The van der Waals surface area contributed by atoms with Gasteiger partial charge in [-0.25, -0.2) is 4.39 Å². The summed E-state index contributed by atoms with van der Waals surface area (Å²) in [5, 5.41) is 10.4. The third kappa shape index (κ3) is 3.16. The summed E-state index contributed by atoms with van der Waals surface area (Å²) in [5.74, 6) is -0.889. The van der Waals surface area contributed by atoms with Crippen LogP contribution in [0.1, 0.15) is 38.9 Å². The van der Waals surface area contributed by atoms with Crippen LogP contribution in [0.15, 0.2) is 63.8 Å². The first-order chi connectivity index (χ1) is 15.8. The van der Waals surface area contributed by atoms with Crippen LogP contribution in [0.25, 0.3) is 11.0 Å². The van der Waals surface area contributed by atoms with Gasteiger partial charge in [-0.1, -0.05) is 6.07 Å². The Labute approximate surface area is 188 Å². The van der Waals surface area contributed by atoms with Crippen molar-refractivity contribution in [2.24, 2.45) is 0 Å². The van der Waals surface area contributed by atoms with Crippen LogP contribution in [-0.2, 0) is 0 Å². The predicted octanol–water partition coefficient (Wildman–Crippen LogP) is 5.01. The van der Waals surface area contributed by atoms with Crippen LogP contribution in [0.3, 0.4) is 0 Å². The molecule has 0 aliphatic carbocycles. The lowest BCUT2D eigenvalue weighted by Gasteiger charge is -2.25. The zero-order valence-electron chi connectivity index (χ0n) is 18.2. The fourth-order valence-corrected chi connectivity index (χ4v) is 4.28.